The smallest absolute Gasteiger partial charge is 0.413 e. The number of alkyl carbamates (subject to hydrolysis) is 1. The van der Waals surface area contributed by atoms with E-state index in [-0.39, 0.29) is 29.9 Å². The molecule has 0 unspecified atom stereocenters. The molecule has 0 fully saturated rings. The lowest BCUT2D eigenvalue weighted by atomic mass is 10.2. The van der Waals surface area contributed by atoms with Gasteiger partial charge in [0, 0.05) is 0 Å². The summed E-state index contributed by atoms with van der Waals surface area (Å²) < 4.78 is 4.60. The Kier molecular flexibility index (Phi) is 8.32. The number of halogens is 1. The van der Waals surface area contributed by atoms with Gasteiger partial charge in [-0.15, -0.1) is 0 Å². The third-order valence-electron chi connectivity index (χ3n) is 1.93. The van der Waals surface area contributed by atoms with Crippen LogP contribution in [0, 0.1) is 5.41 Å². The second-order valence-corrected chi connectivity index (χ2v) is 3.75. The molecule has 0 atom stereocenters. The standard InChI is InChI=1S/C12H18ClN3O3/c1-4-9(7-17)6-10(13)8(3)15-11(14)16-12(18)19-5-2/h4,6,17H,3,5,7H2,1-2H3,(H3,14,15,16,18)/b9-4+,10-6+. The molecule has 0 saturated carbocycles. The van der Waals surface area contributed by atoms with Crippen molar-refractivity contribution in [2.24, 2.45) is 0 Å². The van der Waals surface area contributed by atoms with Crippen molar-refractivity contribution in [2.45, 2.75) is 13.8 Å². The molecule has 0 radical (unpaired) electrons. The third kappa shape index (κ3) is 7.28. The lowest BCUT2D eigenvalue weighted by Crippen LogP contribution is -2.39. The maximum absolute atomic E-state index is 11.0. The van der Waals surface area contributed by atoms with Crippen LogP contribution >= 0.6 is 11.6 Å². The first-order valence-corrected chi connectivity index (χ1v) is 5.94. The summed E-state index contributed by atoms with van der Waals surface area (Å²) in [4.78, 5) is 11.0. The van der Waals surface area contributed by atoms with E-state index in [4.69, 9.17) is 22.1 Å². The Bertz CT molecular complexity index is 416. The predicted molar refractivity (Wildman–Crippen MR) is 74.9 cm³/mol. The van der Waals surface area contributed by atoms with Crippen molar-refractivity contribution in [2.75, 3.05) is 13.2 Å². The van der Waals surface area contributed by atoms with E-state index in [1.807, 2.05) is 0 Å². The Balaban J connectivity index is 4.45. The molecule has 106 valence electrons. The minimum Gasteiger partial charge on any atom is -0.450 e. The van der Waals surface area contributed by atoms with Crippen LogP contribution in [0.4, 0.5) is 4.79 Å². The third-order valence-corrected chi connectivity index (χ3v) is 2.27. The van der Waals surface area contributed by atoms with E-state index in [1.54, 1.807) is 19.9 Å². The molecule has 1 amide bonds. The minimum absolute atomic E-state index is 0.154. The Morgan fingerprint density at radius 3 is 2.63 bits per heavy atom. The molecule has 0 heterocycles. The summed E-state index contributed by atoms with van der Waals surface area (Å²) in [5.74, 6) is -0.305. The molecular formula is C12H18ClN3O3. The highest BCUT2D eigenvalue weighted by Gasteiger charge is 2.07. The van der Waals surface area contributed by atoms with E-state index in [0.717, 1.165) is 0 Å². The van der Waals surface area contributed by atoms with Crippen LogP contribution in [-0.4, -0.2) is 30.4 Å². The second kappa shape index (κ2) is 9.18. The number of carbonyl (C=O) groups is 1. The van der Waals surface area contributed by atoms with E-state index in [9.17, 15) is 4.79 Å². The molecule has 0 aliphatic carbocycles. The number of hydrogen-bond acceptors (Lipinski definition) is 4. The van der Waals surface area contributed by atoms with E-state index in [2.05, 4.69) is 21.9 Å². The SMILES string of the molecule is C=C(NC(=N)NC(=O)OCC)/C(Cl)=C\C(=C/C)CO. The van der Waals surface area contributed by atoms with Crippen molar-refractivity contribution in [1.82, 2.24) is 10.6 Å². The lowest BCUT2D eigenvalue weighted by Gasteiger charge is -2.11. The number of aliphatic hydroxyl groups excluding tert-OH is 1. The Labute approximate surface area is 117 Å². The van der Waals surface area contributed by atoms with Gasteiger partial charge in [-0.05, 0) is 25.5 Å². The number of ether oxygens (including phenoxy) is 1. The van der Waals surface area contributed by atoms with Gasteiger partial charge >= 0.3 is 6.09 Å². The van der Waals surface area contributed by atoms with Crippen LogP contribution in [0.3, 0.4) is 0 Å². The number of amides is 1. The van der Waals surface area contributed by atoms with Crippen LogP contribution in [0.25, 0.3) is 0 Å². The molecule has 4 N–H and O–H groups in total. The maximum Gasteiger partial charge on any atom is 0.413 e. The summed E-state index contributed by atoms with van der Waals surface area (Å²) in [6.45, 7) is 7.08. The zero-order valence-electron chi connectivity index (χ0n) is 10.9. The molecule has 0 saturated heterocycles. The van der Waals surface area contributed by atoms with E-state index in [0.29, 0.717) is 5.57 Å². The summed E-state index contributed by atoms with van der Waals surface area (Å²) in [5.41, 5.74) is 0.828. The number of guanidine groups is 1. The van der Waals surface area contributed by atoms with Gasteiger partial charge in [0.15, 0.2) is 0 Å². The van der Waals surface area contributed by atoms with Gasteiger partial charge < -0.3 is 15.2 Å². The molecule has 0 aliphatic heterocycles. The summed E-state index contributed by atoms with van der Waals surface area (Å²) in [6, 6.07) is 0. The molecular weight excluding hydrogens is 270 g/mol. The van der Waals surface area contributed by atoms with Crippen LogP contribution < -0.4 is 10.6 Å². The first kappa shape index (κ1) is 17.2. The van der Waals surface area contributed by atoms with Crippen LogP contribution in [-0.2, 0) is 4.74 Å². The van der Waals surface area contributed by atoms with Crippen molar-refractivity contribution >= 4 is 23.7 Å². The highest BCUT2D eigenvalue weighted by Crippen LogP contribution is 2.13. The van der Waals surface area contributed by atoms with Crippen molar-refractivity contribution in [3.05, 3.63) is 35.0 Å². The summed E-state index contributed by atoms with van der Waals surface area (Å²) >= 11 is 5.93. The van der Waals surface area contributed by atoms with Crippen LogP contribution in [0.1, 0.15) is 13.8 Å². The van der Waals surface area contributed by atoms with E-state index >= 15 is 0 Å². The molecule has 19 heavy (non-hydrogen) atoms. The minimum atomic E-state index is -0.739. The normalized spacial score (nSPS) is 11.8. The quantitative estimate of drug-likeness (QED) is 0.352. The predicted octanol–water partition coefficient (Wildman–Crippen LogP) is 1.83. The van der Waals surface area contributed by atoms with Gasteiger partial charge in [-0.1, -0.05) is 24.3 Å². The fourth-order valence-electron chi connectivity index (χ4n) is 0.981. The fraction of sp³-hybridized carbons (Fsp3) is 0.333. The molecule has 0 aromatic rings. The monoisotopic (exact) mass is 287 g/mol. The van der Waals surface area contributed by atoms with Crippen molar-refractivity contribution < 1.29 is 14.6 Å². The Morgan fingerprint density at radius 1 is 1.53 bits per heavy atom. The fourth-order valence-corrected chi connectivity index (χ4v) is 1.17. The second-order valence-electron chi connectivity index (χ2n) is 3.34. The van der Waals surface area contributed by atoms with Gasteiger partial charge in [-0.2, -0.15) is 0 Å². The maximum atomic E-state index is 11.0. The zero-order chi connectivity index (χ0) is 14.8. The Hall–Kier alpha value is -1.79. The molecule has 0 bridgehead atoms. The average molecular weight is 288 g/mol. The highest BCUT2D eigenvalue weighted by molar-refractivity contribution is 6.32. The topological polar surface area (TPSA) is 94.4 Å². The summed E-state index contributed by atoms with van der Waals surface area (Å²) in [7, 11) is 0. The number of aliphatic hydroxyl groups is 1. The molecule has 0 rings (SSSR count). The van der Waals surface area contributed by atoms with Gasteiger partial charge in [-0.25, -0.2) is 4.79 Å². The van der Waals surface area contributed by atoms with Gasteiger partial charge in [0.05, 0.1) is 23.9 Å². The van der Waals surface area contributed by atoms with Gasteiger partial charge in [-0.3, -0.25) is 10.7 Å². The van der Waals surface area contributed by atoms with E-state index < -0.39 is 6.09 Å². The number of hydrogen-bond donors (Lipinski definition) is 4. The number of nitrogens with one attached hydrogen (secondary N) is 3. The molecule has 7 heteroatoms. The lowest BCUT2D eigenvalue weighted by molar-refractivity contribution is 0.157. The molecule has 0 aromatic heterocycles. The first-order chi connectivity index (χ1) is 8.94. The number of allylic oxidation sites excluding steroid dienone is 2. The summed E-state index contributed by atoms with van der Waals surface area (Å²) in [5, 5.41) is 21.3. The molecule has 0 aliphatic rings. The number of carbonyl (C=O) groups excluding carboxylic acids is 1. The van der Waals surface area contributed by atoms with Crippen molar-refractivity contribution in [3.8, 4) is 0 Å². The first-order valence-electron chi connectivity index (χ1n) is 5.56. The molecule has 6 nitrogen and oxygen atoms in total. The highest BCUT2D eigenvalue weighted by atomic mass is 35.5. The average Bonchev–Trinajstić information content (AvgIpc) is 2.35. The van der Waals surface area contributed by atoms with Gasteiger partial charge in [0.1, 0.15) is 0 Å². The largest absolute Gasteiger partial charge is 0.450 e. The van der Waals surface area contributed by atoms with Crippen molar-refractivity contribution in [1.29, 1.82) is 5.41 Å². The van der Waals surface area contributed by atoms with Crippen LogP contribution in [0.5, 0.6) is 0 Å². The Morgan fingerprint density at radius 2 is 2.16 bits per heavy atom. The molecule has 0 aromatic carbocycles. The van der Waals surface area contributed by atoms with Gasteiger partial charge in [0.2, 0.25) is 5.96 Å². The van der Waals surface area contributed by atoms with Crippen molar-refractivity contribution in [3.63, 3.8) is 0 Å². The zero-order valence-corrected chi connectivity index (χ0v) is 11.7. The van der Waals surface area contributed by atoms with E-state index in [1.165, 1.54) is 6.08 Å². The van der Waals surface area contributed by atoms with Crippen LogP contribution in [0.15, 0.2) is 35.0 Å². The molecule has 0 spiro atoms. The number of rotatable bonds is 5. The van der Waals surface area contributed by atoms with Gasteiger partial charge in [0.25, 0.3) is 0 Å². The van der Waals surface area contributed by atoms with Crippen LogP contribution in [0.2, 0.25) is 0 Å². The summed E-state index contributed by atoms with van der Waals surface area (Å²) in [6.07, 6.45) is 2.46.